The third kappa shape index (κ3) is 7.23. The second kappa shape index (κ2) is 13.4. The highest BCUT2D eigenvalue weighted by molar-refractivity contribution is 6.31. The Labute approximate surface area is 226 Å². The van der Waals surface area contributed by atoms with Gasteiger partial charge in [0.05, 0.1) is 0 Å². The average Bonchev–Trinajstić information content (AvgIpc) is 2.94. The number of rotatable bonds is 10. The molecule has 0 spiro atoms. The van der Waals surface area contributed by atoms with Crippen molar-refractivity contribution >= 4 is 23.4 Å². The molecule has 37 heavy (non-hydrogen) atoms. The highest BCUT2D eigenvalue weighted by atomic mass is 35.5. The van der Waals surface area contributed by atoms with Crippen molar-refractivity contribution in [2.45, 2.75) is 76.4 Å². The Morgan fingerprint density at radius 1 is 0.865 bits per heavy atom. The van der Waals surface area contributed by atoms with E-state index in [0.29, 0.717) is 18.0 Å². The standard InChI is InChI=1S/C32H37ClN2O2/c1-2-30(32(37)34-27-19-10-5-11-20-27)35(23-26-18-12-13-21-29(26)33)31(36)22-28(24-14-6-3-7-15-24)25-16-8-4-9-17-25/h3-4,6-9,12-18,21,27-28,30H,2,5,10-11,19-20,22-23H2,1H3,(H,34,37). The molecule has 0 saturated heterocycles. The zero-order valence-corrected chi connectivity index (χ0v) is 22.4. The maximum Gasteiger partial charge on any atom is 0.243 e. The molecule has 1 aliphatic rings. The number of nitrogens with one attached hydrogen (secondary N) is 1. The molecule has 0 aromatic heterocycles. The van der Waals surface area contributed by atoms with Gasteiger partial charge in [0.2, 0.25) is 11.8 Å². The lowest BCUT2D eigenvalue weighted by atomic mass is 9.88. The first-order chi connectivity index (χ1) is 18.1. The number of hydrogen-bond donors (Lipinski definition) is 1. The molecule has 1 saturated carbocycles. The van der Waals surface area contributed by atoms with Gasteiger partial charge >= 0.3 is 0 Å². The second-order valence-corrected chi connectivity index (χ2v) is 10.4. The topological polar surface area (TPSA) is 49.4 Å². The van der Waals surface area contributed by atoms with Crippen LogP contribution < -0.4 is 5.32 Å². The molecule has 0 radical (unpaired) electrons. The van der Waals surface area contributed by atoms with E-state index in [-0.39, 0.29) is 30.2 Å². The lowest BCUT2D eigenvalue weighted by Gasteiger charge is -2.34. The minimum absolute atomic E-state index is 0.0525. The summed E-state index contributed by atoms with van der Waals surface area (Å²) in [6.45, 7) is 2.27. The molecule has 4 rings (SSSR count). The number of amides is 2. The minimum atomic E-state index is -0.558. The minimum Gasteiger partial charge on any atom is -0.352 e. The zero-order valence-electron chi connectivity index (χ0n) is 21.6. The van der Waals surface area contributed by atoms with E-state index in [1.165, 1.54) is 6.42 Å². The number of halogens is 1. The third-order valence-corrected chi connectivity index (χ3v) is 7.79. The molecule has 1 unspecified atom stereocenters. The van der Waals surface area contributed by atoms with E-state index < -0.39 is 6.04 Å². The summed E-state index contributed by atoms with van der Waals surface area (Å²) < 4.78 is 0. The largest absolute Gasteiger partial charge is 0.352 e. The van der Waals surface area contributed by atoms with Crippen molar-refractivity contribution in [1.82, 2.24) is 10.2 Å². The molecule has 0 heterocycles. The molecule has 1 atom stereocenters. The normalized spacial score (nSPS) is 14.8. The van der Waals surface area contributed by atoms with Crippen LogP contribution in [0.3, 0.4) is 0 Å². The Hall–Kier alpha value is -3.11. The van der Waals surface area contributed by atoms with Crippen LogP contribution in [0, 0.1) is 0 Å². The average molecular weight is 517 g/mol. The molecule has 194 valence electrons. The Morgan fingerprint density at radius 2 is 1.43 bits per heavy atom. The summed E-state index contributed by atoms with van der Waals surface area (Å²) in [5.41, 5.74) is 3.01. The number of nitrogens with zero attached hydrogens (tertiary/aromatic N) is 1. The summed E-state index contributed by atoms with van der Waals surface area (Å²) in [6, 6.07) is 27.4. The molecular formula is C32H37ClN2O2. The summed E-state index contributed by atoms with van der Waals surface area (Å²) in [6.07, 6.45) is 6.32. The van der Waals surface area contributed by atoms with Gasteiger partial charge in [-0.2, -0.15) is 0 Å². The maximum absolute atomic E-state index is 14.1. The predicted octanol–water partition coefficient (Wildman–Crippen LogP) is 7.12. The quantitative estimate of drug-likeness (QED) is 0.312. The van der Waals surface area contributed by atoms with E-state index >= 15 is 0 Å². The summed E-state index contributed by atoms with van der Waals surface area (Å²) in [7, 11) is 0. The maximum atomic E-state index is 14.1. The SMILES string of the molecule is CCC(C(=O)NC1CCCCC1)N(Cc1ccccc1Cl)C(=O)CC(c1ccccc1)c1ccccc1. The summed E-state index contributed by atoms with van der Waals surface area (Å²) in [5, 5.41) is 3.86. The van der Waals surface area contributed by atoms with E-state index in [1.54, 1.807) is 4.90 Å². The van der Waals surface area contributed by atoms with Crippen molar-refractivity contribution in [2.24, 2.45) is 0 Å². The summed E-state index contributed by atoms with van der Waals surface area (Å²) >= 11 is 6.52. The highest BCUT2D eigenvalue weighted by Gasteiger charge is 2.32. The first kappa shape index (κ1) is 26.9. The summed E-state index contributed by atoms with van der Waals surface area (Å²) in [5.74, 6) is -0.225. The molecule has 5 heteroatoms. The van der Waals surface area contributed by atoms with E-state index in [4.69, 9.17) is 11.6 Å². The fourth-order valence-electron chi connectivity index (χ4n) is 5.36. The number of carbonyl (C=O) groups is 2. The van der Waals surface area contributed by atoms with Crippen LogP contribution in [0.2, 0.25) is 5.02 Å². The van der Waals surface area contributed by atoms with Gasteiger partial charge in [0.25, 0.3) is 0 Å². The Morgan fingerprint density at radius 3 is 2.00 bits per heavy atom. The van der Waals surface area contributed by atoms with Crippen molar-refractivity contribution in [2.75, 3.05) is 0 Å². The van der Waals surface area contributed by atoms with Crippen molar-refractivity contribution in [3.63, 3.8) is 0 Å². The number of hydrogen-bond acceptors (Lipinski definition) is 2. The second-order valence-electron chi connectivity index (χ2n) is 9.96. The van der Waals surface area contributed by atoms with E-state index in [0.717, 1.165) is 42.4 Å². The van der Waals surface area contributed by atoms with Crippen LogP contribution in [-0.2, 0) is 16.1 Å². The van der Waals surface area contributed by atoms with Gasteiger partial charge < -0.3 is 10.2 Å². The Kier molecular flexibility index (Phi) is 9.78. The molecule has 1 fully saturated rings. The van der Waals surface area contributed by atoms with Crippen molar-refractivity contribution in [1.29, 1.82) is 0 Å². The molecule has 4 nitrogen and oxygen atoms in total. The van der Waals surface area contributed by atoms with E-state index in [9.17, 15) is 9.59 Å². The molecule has 3 aromatic carbocycles. The van der Waals surface area contributed by atoms with Crippen molar-refractivity contribution in [3.8, 4) is 0 Å². The Bertz CT molecular complexity index is 1110. The predicted molar refractivity (Wildman–Crippen MR) is 150 cm³/mol. The van der Waals surface area contributed by atoms with Gasteiger partial charge in [-0.1, -0.05) is 117 Å². The highest BCUT2D eigenvalue weighted by Crippen LogP contribution is 2.30. The van der Waals surface area contributed by atoms with Crippen LogP contribution >= 0.6 is 11.6 Å². The molecule has 1 N–H and O–H groups in total. The van der Waals surface area contributed by atoms with Gasteiger partial charge in [0, 0.05) is 29.9 Å². The van der Waals surface area contributed by atoms with Crippen molar-refractivity contribution < 1.29 is 9.59 Å². The first-order valence-corrected chi connectivity index (χ1v) is 13.9. The molecular weight excluding hydrogens is 480 g/mol. The lowest BCUT2D eigenvalue weighted by molar-refractivity contribution is -0.142. The first-order valence-electron chi connectivity index (χ1n) is 13.5. The molecule has 2 amide bonds. The van der Waals surface area contributed by atoms with Crippen LogP contribution in [0.15, 0.2) is 84.9 Å². The fourth-order valence-corrected chi connectivity index (χ4v) is 5.56. The van der Waals surface area contributed by atoms with Crippen molar-refractivity contribution in [3.05, 3.63) is 107 Å². The fraction of sp³-hybridized carbons (Fsp3) is 0.375. The van der Waals surface area contributed by atoms with Crippen LogP contribution in [0.4, 0.5) is 0 Å². The molecule has 3 aromatic rings. The van der Waals surface area contributed by atoms with Crippen LogP contribution in [0.1, 0.15) is 74.5 Å². The van der Waals surface area contributed by atoms with Gasteiger partial charge in [-0.05, 0) is 42.0 Å². The van der Waals surface area contributed by atoms with Gasteiger partial charge in [0.15, 0.2) is 0 Å². The Balaban J connectivity index is 1.63. The molecule has 0 aliphatic heterocycles. The van der Waals surface area contributed by atoms with E-state index in [2.05, 4.69) is 29.6 Å². The monoisotopic (exact) mass is 516 g/mol. The molecule has 0 bridgehead atoms. The van der Waals surface area contributed by atoms with Gasteiger partial charge in [-0.25, -0.2) is 0 Å². The van der Waals surface area contributed by atoms with E-state index in [1.807, 2.05) is 67.6 Å². The van der Waals surface area contributed by atoms with Crippen LogP contribution in [0.25, 0.3) is 0 Å². The van der Waals surface area contributed by atoms with Gasteiger partial charge in [-0.15, -0.1) is 0 Å². The smallest absolute Gasteiger partial charge is 0.243 e. The number of benzene rings is 3. The molecule has 1 aliphatic carbocycles. The van der Waals surface area contributed by atoms with Gasteiger partial charge in [-0.3, -0.25) is 9.59 Å². The third-order valence-electron chi connectivity index (χ3n) is 7.42. The lowest BCUT2D eigenvalue weighted by Crippen LogP contribution is -2.51. The van der Waals surface area contributed by atoms with Crippen LogP contribution in [-0.4, -0.2) is 28.8 Å². The van der Waals surface area contributed by atoms with Crippen LogP contribution in [0.5, 0.6) is 0 Å². The zero-order chi connectivity index (χ0) is 26.0. The number of carbonyl (C=O) groups excluding carboxylic acids is 2. The van der Waals surface area contributed by atoms with Gasteiger partial charge in [0.1, 0.15) is 6.04 Å². The summed E-state index contributed by atoms with van der Waals surface area (Å²) in [4.78, 5) is 29.4.